The first kappa shape index (κ1) is 19.3. The molecule has 26 heavy (non-hydrogen) atoms. The molecule has 0 unspecified atom stereocenters. The zero-order valence-electron chi connectivity index (χ0n) is 15.8. The van der Waals surface area contributed by atoms with E-state index in [1.54, 1.807) is 25.2 Å². The first-order valence-electron chi connectivity index (χ1n) is 9.42. The van der Waals surface area contributed by atoms with Gasteiger partial charge in [0.25, 0.3) is 5.91 Å². The highest BCUT2D eigenvalue weighted by molar-refractivity contribution is 7.89. The van der Waals surface area contributed by atoms with Crippen molar-refractivity contribution in [3.63, 3.8) is 0 Å². The predicted octanol–water partition coefficient (Wildman–Crippen LogP) is 2.07. The number of amides is 1. The summed E-state index contributed by atoms with van der Waals surface area (Å²) in [6.45, 7) is 5.71. The summed E-state index contributed by atoms with van der Waals surface area (Å²) in [7, 11) is -2.03. The molecule has 2 fully saturated rings. The molecular formula is C19H29N3O3S. The molecule has 3 rings (SSSR count). The minimum absolute atomic E-state index is 0.144. The van der Waals surface area contributed by atoms with Crippen molar-refractivity contribution in [3.05, 3.63) is 29.8 Å². The Labute approximate surface area is 156 Å². The van der Waals surface area contributed by atoms with Gasteiger partial charge >= 0.3 is 0 Å². The second-order valence-corrected chi connectivity index (χ2v) is 9.66. The second-order valence-electron chi connectivity index (χ2n) is 7.66. The van der Waals surface area contributed by atoms with E-state index < -0.39 is 10.0 Å². The van der Waals surface area contributed by atoms with Gasteiger partial charge in [-0.2, -0.15) is 4.31 Å². The number of nitrogens with zero attached hydrogens (tertiary/aromatic N) is 2. The maximum atomic E-state index is 12.6. The number of hydrogen-bond acceptors (Lipinski definition) is 4. The van der Waals surface area contributed by atoms with E-state index in [0.29, 0.717) is 5.56 Å². The van der Waals surface area contributed by atoms with Crippen molar-refractivity contribution in [2.24, 2.45) is 0 Å². The molecule has 0 aromatic heterocycles. The quantitative estimate of drug-likeness (QED) is 0.822. The van der Waals surface area contributed by atoms with Crippen molar-refractivity contribution in [2.75, 3.05) is 20.1 Å². The minimum atomic E-state index is -3.59. The van der Waals surface area contributed by atoms with Gasteiger partial charge in [-0.3, -0.25) is 4.79 Å². The third kappa shape index (κ3) is 4.27. The van der Waals surface area contributed by atoms with E-state index in [0.717, 1.165) is 32.0 Å². The van der Waals surface area contributed by atoms with Gasteiger partial charge in [0.2, 0.25) is 10.0 Å². The number of carbonyl (C=O) groups is 1. The lowest BCUT2D eigenvalue weighted by Gasteiger charge is -2.32. The van der Waals surface area contributed by atoms with Gasteiger partial charge in [0.05, 0.1) is 4.90 Å². The molecule has 0 spiro atoms. The number of rotatable bonds is 6. The van der Waals surface area contributed by atoms with E-state index >= 15 is 0 Å². The first-order valence-corrected chi connectivity index (χ1v) is 10.9. The normalized spacial score (nSPS) is 19.9. The van der Waals surface area contributed by atoms with Crippen LogP contribution in [-0.2, 0) is 10.0 Å². The summed E-state index contributed by atoms with van der Waals surface area (Å²) in [5.41, 5.74) is 0.396. The molecule has 1 aliphatic heterocycles. The Hall–Kier alpha value is -1.44. The minimum Gasteiger partial charge on any atom is -0.349 e. The van der Waals surface area contributed by atoms with E-state index in [9.17, 15) is 13.2 Å². The van der Waals surface area contributed by atoms with Crippen molar-refractivity contribution in [2.45, 2.75) is 62.6 Å². The summed E-state index contributed by atoms with van der Waals surface area (Å²) >= 11 is 0. The van der Waals surface area contributed by atoms with Crippen molar-refractivity contribution >= 4 is 15.9 Å². The summed E-state index contributed by atoms with van der Waals surface area (Å²) in [5.74, 6) is -0.195. The highest BCUT2D eigenvalue weighted by Crippen LogP contribution is 2.29. The van der Waals surface area contributed by atoms with Crippen molar-refractivity contribution in [1.29, 1.82) is 0 Å². The lowest BCUT2D eigenvalue weighted by Crippen LogP contribution is -2.45. The zero-order chi connectivity index (χ0) is 18.9. The summed E-state index contributed by atoms with van der Waals surface area (Å²) < 4.78 is 26.6. The van der Waals surface area contributed by atoms with Crippen LogP contribution in [0.2, 0.25) is 0 Å². The van der Waals surface area contributed by atoms with Crippen LogP contribution < -0.4 is 5.32 Å². The summed E-state index contributed by atoms with van der Waals surface area (Å²) in [5, 5.41) is 3.07. The molecule has 1 aromatic carbocycles. The molecule has 0 radical (unpaired) electrons. The third-order valence-electron chi connectivity index (χ3n) is 5.43. The number of likely N-dealkylation sites (tertiary alicyclic amines) is 1. The molecular weight excluding hydrogens is 350 g/mol. The maximum absolute atomic E-state index is 12.6. The SMILES string of the molecule is CC(C)N(C)S(=O)(=O)c1cccc(C(=O)NC2CCN(C3CC3)CC2)c1. The zero-order valence-corrected chi connectivity index (χ0v) is 16.6. The van der Waals surface area contributed by atoms with Crippen LogP contribution >= 0.6 is 0 Å². The molecule has 0 bridgehead atoms. The lowest BCUT2D eigenvalue weighted by atomic mass is 10.0. The fraction of sp³-hybridized carbons (Fsp3) is 0.632. The van der Waals surface area contributed by atoms with Gasteiger partial charge in [-0.1, -0.05) is 6.07 Å². The molecule has 7 heteroatoms. The fourth-order valence-corrected chi connectivity index (χ4v) is 4.77. The van der Waals surface area contributed by atoms with Crippen LogP contribution in [0.15, 0.2) is 29.2 Å². The second kappa shape index (κ2) is 7.66. The first-order chi connectivity index (χ1) is 12.3. The molecule has 1 heterocycles. The molecule has 1 amide bonds. The van der Waals surface area contributed by atoms with Crippen LogP contribution in [0.3, 0.4) is 0 Å². The van der Waals surface area contributed by atoms with Crippen LogP contribution in [0.4, 0.5) is 0 Å². The molecule has 1 N–H and O–H groups in total. The Morgan fingerprint density at radius 1 is 1.19 bits per heavy atom. The molecule has 1 aromatic rings. The van der Waals surface area contributed by atoms with E-state index in [4.69, 9.17) is 0 Å². The predicted molar refractivity (Wildman–Crippen MR) is 102 cm³/mol. The highest BCUT2D eigenvalue weighted by atomic mass is 32.2. The van der Waals surface area contributed by atoms with Gasteiger partial charge in [0.15, 0.2) is 0 Å². The maximum Gasteiger partial charge on any atom is 0.251 e. The number of piperidine rings is 1. The Kier molecular flexibility index (Phi) is 5.69. The highest BCUT2D eigenvalue weighted by Gasteiger charge is 2.32. The smallest absolute Gasteiger partial charge is 0.251 e. The molecule has 0 atom stereocenters. The van der Waals surface area contributed by atoms with Crippen LogP contribution in [0.1, 0.15) is 49.9 Å². The molecule has 1 aliphatic carbocycles. The average Bonchev–Trinajstić information content (AvgIpc) is 3.47. The van der Waals surface area contributed by atoms with Gasteiger partial charge in [0, 0.05) is 43.8 Å². The van der Waals surface area contributed by atoms with Crippen LogP contribution in [-0.4, -0.2) is 61.8 Å². The van der Waals surface area contributed by atoms with Crippen molar-refractivity contribution in [1.82, 2.24) is 14.5 Å². The Morgan fingerprint density at radius 3 is 2.42 bits per heavy atom. The summed E-state index contributed by atoms with van der Waals surface area (Å²) in [4.78, 5) is 15.3. The van der Waals surface area contributed by atoms with E-state index in [1.807, 2.05) is 13.8 Å². The molecule has 144 valence electrons. The Balaban J connectivity index is 1.65. The van der Waals surface area contributed by atoms with Crippen LogP contribution in [0.5, 0.6) is 0 Å². The van der Waals surface area contributed by atoms with E-state index in [1.165, 1.54) is 23.2 Å². The standard InChI is InChI=1S/C19H29N3O3S/c1-14(2)21(3)26(24,25)18-6-4-5-15(13-18)19(23)20-16-9-11-22(12-10-16)17-7-8-17/h4-6,13-14,16-17H,7-12H2,1-3H3,(H,20,23). The monoisotopic (exact) mass is 379 g/mol. The van der Waals surface area contributed by atoms with Gasteiger partial charge in [0.1, 0.15) is 0 Å². The van der Waals surface area contributed by atoms with Crippen LogP contribution in [0.25, 0.3) is 0 Å². The number of carbonyl (C=O) groups excluding carboxylic acids is 1. The van der Waals surface area contributed by atoms with Crippen LogP contribution in [0, 0.1) is 0 Å². The lowest BCUT2D eigenvalue weighted by molar-refractivity contribution is 0.0909. The number of nitrogens with one attached hydrogen (secondary N) is 1. The number of hydrogen-bond donors (Lipinski definition) is 1. The molecule has 1 saturated carbocycles. The Morgan fingerprint density at radius 2 is 1.85 bits per heavy atom. The largest absolute Gasteiger partial charge is 0.349 e. The summed E-state index contributed by atoms with van der Waals surface area (Å²) in [6, 6.07) is 7.10. The molecule has 1 saturated heterocycles. The topological polar surface area (TPSA) is 69.7 Å². The molecule has 2 aliphatic rings. The van der Waals surface area contributed by atoms with E-state index in [-0.39, 0.29) is 22.9 Å². The number of benzene rings is 1. The fourth-order valence-electron chi connectivity index (χ4n) is 3.36. The number of sulfonamides is 1. The Bertz CT molecular complexity index is 751. The average molecular weight is 380 g/mol. The molecule has 6 nitrogen and oxygen atoms in total. The van der Waals surface area contributed by atoms with Gasteiger partial charge in [-0.15, -0.1) is 0 Å². The summed E-state index contributed by atoms with van der Waals surface area (Å²) in [6.07, 6.45) is 4.53. The van der Waals surface area contributed by atoms with Gasteiger partial charge in [-0.05, 0) is 57.7 Å². The third-order valence-corrected chi connectivity index (χ3v) is 7.46. The van der Waals surface area contributed by atoms with E-state index in [2.05, 4.69) is 10.2 Å². The van der Waals surface area contributed by atoms with Crippen molar-refractivity contribution < 1.29 is 13.2 Å². The van der Waals surface area contributed by atoms with Crippen molar-refractivity contribution in [3.8, 4) is 0 Å². The van der Waals surface area contributed by atoms with Gasteiger partial charge < -0.3 is 10.2 Å². The van der Waals surface area contributed by atoms with Gasteiger partial charge in [-0.25, -0.2) is 8.42 Å².